The number of aliphatic hydroxyl groups excluding tert-OH is 1. The summed E-state index contributed by atoms with van der Waals surface area (Å²) in [5, 5.41) is 9.54. The molecule has 0 amide bonds. The number of ether oxygens (including phenoxy) is 1. The minimum atomic E-state index is -0.317. The molecule has 0 bridgehead atoms. The summed E-state index contributed by atoms with van der Waals surface area (Å²) in [7, 11) is 0. The molecule has 88 valence electrons. The Kier molecular flexibility index (Phi) is 3.26. The van der Waals surface area contributed by atoms with E-state index in [0.29, 0.717) is 18.6 Å². The van der Waals surface area contributed by atoms with Gasteiger partial charge in [0.05, 0.1) is 12.7 Å². The number of hydrogen-bond acceptors (Lipinski definition) is 2. The standard InChI is InChI=1S/C13H17FO2/c1-10-13(9-15,6-7-16-10)8-11-4-2-3-5-12(11)14/h2-5,10,15H,6-9H2,1H3. The quantitative estimate of drug-likeness (QED) is 0.852. The topological polar surface area (TPSA) is 29.5 Å². The van der Waals surface area contributed by atoms with E-state index in [1.807, 2.05) is 13.0 Å². The number of hydrogen-bond donors (Lipinski definition) is 1. The van der Waals surface area contributed by atoms with Crippen molar-refractivity contribution in [1.29, 1.82) is 0 Å². The van der Waals surface area contributed by atoms with Crippen molar-refractivity contribution >= 4 is 0 Å². The van der Waals surface area contributed by atoms with E-state index >= 15 is 0 Å². The second-order valence-corrected chi connectivity index (χ2v) is 4.55. The summed E-state index contributed by atoms with van der Waals surface area (Å²) in [4.78, 5) is 0. The molecule has 1 N–H and O–H groups in total. The van der Waals surface area contributed by atoms with Crippen LogP contribution in [0.3, 0.4) is 0 Å². The predicted molar refractivity (Wildman–Crippen MR) is 59.7 cm³/mol. The first-order valence-corrected chi connectivity index (χ1v) is 5.64. The lowest BCUT2D eigenvalue weighted by molar-refractivity contribution is 0.0267. The zero-order valence-corrected chi connectivity index (χ0v) is 9.45. The molecule has 2 unspecified atom stereocenters. The van der Waals surface area contributed by atoms with E-state index in [1.54, 1.807) is 12.1 Å². The lowest BCUT2D eigenvalue weighted by atomic mass is 9.77. The third-order valence-corrected chi connectivity index (χ3v) is 3.65. The molecule has 2 rings (SSSR count). The van der Waals surface area contributed by atoms with Crippen molar-refractivity contribution in [3.05, 3.63) is 35.6 Å². The zero-order chi connectivity index (χ0) is 11.6. The number of halogens is 1. The van der Waals surface area contributed by atoms with E-state index < -0.39 is 0 Å². The molecule has 1 aromatic carbocycles. The van der Waals surface area contributed by atoms with Crippen LogP contribution in [0.15, 0.2) is 24.3 Å². The van der Waals surface area contributed by atoms with Gasteiger partial charge in [0.2, 0.25) is 0 Å². The molecular weight excluding hydrogens is 207 g/mol. The second kappa shape index (κ2) is 4.52. The lowest BCUT2D eigenvalue weighted by Crippen LogP contribution is -2.35. The van der Waals surface area contributed by atoms with Crippen LogP contribution < -0.4 is 0 Å². The van der Waals surface area contributed by atoms with Crippen LogP contribution in [-0.4, -0.2) is 24.4 Å². The summed E-state index contributed by atoms with van der Waals surface area (Å²) in [5.74, 6) is -0.200. The highest BCUT2D eigenvalue weighted by Crippen LogP contribution is 2.38. The van der Waals surface area contributed by atoms with Crippen molar-refractivity contribution in [2.75, 3.05) is 13.2 Å². The van der Waals surface area contributed by atoms with Crippen LogP contribution >= 0.6 is 0 Å². The van der Waals surface area contributed by atoms with Crippen molar-refractivity contribution in [1.82, 2.24) is 0 Å². The highest BCUT2D eigenvalue weighted by molar-refractivity contribution is 5.20. The first-order chi connectivity index (χ1) is 7.68. The Morgan fingerprint density at radius 2 is 2.25 bits per heavy atom. The SMILES string of the molecule is CC1OCCC1(CO)Cc1ccccc1F. The van der Waals surface area contributed by atoms with Gasteiger partial charge < -0.3 is 9.84 Å². The molecule has 2 nitrogen and oxygen atoms in total. The van der Waals surface area contributed by atoms with Crippen LogP contribution in [0, 0.1) is 11.2 Å². The molecule has 1 saturated heterocycles. The van der Waals surface area contributed by atoms with Crippen molar-refractivity contribution < 1.29 is 14.2 Å². The fourth-order valence-corrected chi connectivity index (χ4v) is 2.34. The molecule has 1 aliphatic heterocycles. The Bertz CT molecular complexity index is 367. The molecule has 1 aliphatic rings. The van der Waals surface area contributed by atoms with E-state index in [4.69, 9.17) is 4.74 Å². The van der Waals surface area contributed by atoms with Crippen LogP contribution in [-0.2, 0) is 11.2 Å². The molecule has 0 saturated carbocycles. The molecule has 0 aliphatic carbocycles. The molecule has 1 aromatic rings. The Morgan fingerprint density at radius 3 is 2.81 bits per heavy atom. The van der Waals surface area contributed by atoms with Crippen molar-refractivity contribution in [2.45, 2.75) is 25.9 Å². The molecule has 1 fully saturated rings. The Balaban J connectivity index is 2.22. The second-order valence-electron chi connectivity index (χ2n) is 4.55. The zero-order valence-electron chi connectivity index (χ0n) is 9.45. The average molecular weight is 224 g/mol. The minimum absolute atomic E-state index is 0.0166. The van der Waals surface area contributed by atoms with Crippen molar-refractivity contribution in [3.8, 4) is 0 Å². The molecule has 0 radical (unpaired) electrons. The normalized spacial score (nSPS) is 29.6. The maximum absolute atomic E-state index is 13.6. The van der Waals surface area contributed by atoms with E-state index in [-0.39, 0.29) is 23.9 Å². The Labute approximate surface area is 95.1 Å². The third-order valence-electron chi connectivity index (χ3n) is 3.65. The van der Waals surface area contributed by atoms with Gasteiger partial charge in [-0.05, 0) is 31.4 Å². The summed E-state index contributed by atoms with van der Waals surface area (Å²) in [6.45, 7) is 2.64. The van der Waals surface area contributed by atoms with Gasteiger partial charge in [0.25, 0.3) is 0 Å². The third kappa shape index (κ3) is 1.97. The summed E-state index contributed by atoms with van der Waals surface area (Å²) >= 11 is 0. The molecule has 3 heteroatoms. The summed E-state index contributed by atoms with van der Waals surface area (Å²) < 4.78 is 19.0. The summed E-state index contributed by atoms with van der Waals surface area (Å²) in [5.41, 5.74) is 0.344. The fraction of sp³-hybridized carbons (Fsp3) is 0.538. The lowest BCUT2D eigenvalue weighted by Gasteiger charge is -2.30. The van der Waals surface area contributed by atoms with Gasteiger partial charge in [0, 0.05) is 12.0 Å². The first-order valence-electron chi connectivity index (χ1n) is 5.64. The van der Waals surface area contributed by atoms with E-state index in [2.05, 4.69) is 0 Å². The average Bonchev–Trinajstić information content (AvgIpc) is 2.64. The van der Waals surface area contributed by atoms with Crippen LogP contribution in [0.5, 0.6) is 0 Å². The largest absolute Gasteiger partial charge is 0.396 e. The van der Waals surface area contributed by atoms with Gasteiger partial charge in [-0.1, -0.05) is 18.2 Å². The Morgan fingerprint density at radius 1 is 1.50 bits per heavy atom. The smallest absolute Gasteiger partial charge is 0.126 e. The number of aliphatic hydroxyl groups is 1. The van der Waals surface area contributed by atoms with Gasteiger partial charge in [0.1, 0.15) is 5.82 Å². The van der Waals surface area contributed by atoms with Crippen LogP contribution in [0.1, 0.15) is 18.9 Å². The van der Waals surface area contributed by atoms with Gasteiger partial charge in [-0.15, -0.1) is 0 Å². The van der Waals surface area contributed by atoms with Crippen LogP contribution in [0.4, 0.5) is 4.39 Å². The fourth-order valence-electron chi connectivity index (χ4n) is 2.34. The number of rotatable bonds is 3. The molecular formula is C13H17FO2. The van der Waals surface area contributed by atoms with Crippen LogP contribution in [0.25, 0.3) is 0 Å². The van der Waals surface area contributed by atoms with E-state index in [9.17, 15) is 9.50 Å². The predicted octanol–water partition coefficient (Wildman–Crippen LogP) is 2.16. The van der Waals surface area contributed by atoms with Gasteiger partial charge in [-0.3, -0.25) is 0 Å². The molecule has 0 aromatic heterocycles. The summed E-state index contributed by atoms with van der Waals surface area (Å²) in [6, 6.07) is 6.74. The number of benzene rings is 1. The maximum Gasteiger partial charge on any atom is 0.126 e. The molecule has 16 heavy (non-hydrogen) atoms. The van der Waals surface area contributed by atoms with E-state index in [0.717, 1.165) is 6.42 Å². The van der Waals surface area contributed by atoms with Gasteiger partial charge in [0.15, 0.2) is 0 Å². The first kappa shape index (κ1) is 11.6. The minimum Gasteiger partial charge on any atom is -0.396 e. The van der Waals surface area contributed by atoms with Crippen molar-refractivity contribution in [3.63, 3.8) is 0 Å². The van der Waals surface area contributed by atoms with Crippen molar-refractivity contribution in [2.24, 2.45) is 5.41 Å². The Hall–Kier alpha value is -0.930. The van der Waals surface area contributed by atoms with Gasteiger partial charge >= 0.3 is 0 Å². The van der Waals surface area contributed by atoms with Gasteiger partial charge in [-0.25, -0.2) is 4.39 Å². The highest BCUT2D eigenvalue weighted by atomic mass is 19.1. The van der Waals surface area contributed by atoms with E-state index in [1.165, 1.54) is 6.07 Å². The van der Waals surface area contributed by atoms with Crippen LogP contribution in [0.2, 0.25) is 0 Å². The highest BCUT2D eigenvalue weighted by Gasteiger charge is 2.41. The van der Waals surface area contributed by atoms with Gasteiger partial charge in [-0.2, -0.15) is 0 Å². The molecule has 2 atom stereocenters. The summed E-state index contributed by atoms with van der Waals surface area (Å²) in [6.07, 6.45) is 1.31. The maximum atomic E-state index is 13.6. The molecule has 1 heterocycles. The molecule has 0 spiro atoms. The monoisotopic (exact) mass is 224 g/mol.